The monoisotopic (exact) mass is 838 g/mol. The quantitative estimate of drug-likeness (QED) is 0.135. The van der Waals surface area contributed by atoms with E-state index in [-0.39, 0.29) is 0 Å². The van der Waals surface area contributed by atoms with Crippen LogP contribution < -0.4 is 4.90 Å². The van der Waals surface area contributed by atoms with Gasteiger partial charge in [-0.2, -0.15) is 0 Å². The normalized spacial score (nSPS) is 13.0. The van der Waals surface area contributed by atoms with E-state index in [4.69, 9.17) is 4.42 Å². The lowest BCUT2D eigenvalue weighted by Gasteiger charge is -2.26. The highest BCUT2D eigenvalue weighted by atomic mass is 16.3. The molecule has 0 saturated heterocycles. The number of anilines is 2. The smallest absolute Gasteiger partial charge is 0.143 e. The minimum Gasteiger partial charge on any atom is -0.455 e. The molecule has 0 saturated carbocycles. The van der Waals surface area contributed by atoms with Gasteiger partial charge in [0.1, 0.15) is 11.2 Å². The van der Waals surface area contributed by atoms with E-state index in [0.29, 0.717) is 0 Å². The number of fused-ring (bicyclic) bond motifs is 8. The fraction of sp³-hybridized carbons (Fsp3) is 0.0645. The Morgan fingerprint density at radius 2 is 1.29 bits per heavy atom. The lowest BCUT2D eigenvalue weighted by Crippen LogP contribution is -2.14. The first-order chi connectivity index (χ1) is 32.1. The third kappa shape index (κ3) is 8.17. The molecule has 314 valence electrons. The van der Waals surface area contributed by atoms with Crippen molar-refractivity contribution in [2.45, 2.75) is 26.7 Å². The van der Waals surface area contributed by atoms with E-state index in [1.807, 2.05) is 25.1 Å². The van der Waals surface area contributed by atoms with Gasteiger partial charge in [-0.3, -0.25) is 0 Å². The summed E-state index contributed by atoms with van der Waals surface area (Å²) < 4.78 is 8.92. The van der Waals surface area contributed by atoms with Crippen LogP contribution in [0.1, 0.15) is 37.8 Å². The Kier molecular flexibility index (Phi) is 11.5. The Bertz CT molecular complexity index is 3480. The molecule has 10 aromatic rings. The predicted octanol–water partition coefficient (Wildman–Crippen LogP) is 17.7. The van der Waals surface area contributed by atoms with Gasteiger partial charge in [-0.15, -0.1) is 0 Å². The second-order valence-electron chi connectivity index (χ2n) is 16.4. The van der Waals surface area contributed by atoms with Crippen molar-refractivity contribution in [3.05, 3.63) is 248 Å². The summed E-state index contributed by atoms with van der Waals surface area (Å²) in [6.07, 6.45) is 21.1. The molecule has 0 unspecified atom stereocenters. The van der Waals surface area contributed by atoms with Crippen LogP contribution in [0.3, 0.4) is 0 Å². The van der Waals surface area contributed by atoms with Gasteiger partial charge >= 0.3 is 0 Å². The van der Waals surface area contributed by atoms with Gasteiger partial charge in [-0.1, -0.05) is 158 Å². The lowest BCUT2D eigenvalue weighted by molar-refractivity contribution is 0.672. The van der Waals surface area contributed by atoms with E-state index >= 15 is 0 Å². The number of hydrogen-bond acceptors (Lipinski definition) is 2. The molecule has 0 radical (unpaired) electrons. The summed E-state index contributed by atoms with van der Waals surface area (Å²) in [6.45, 7) is 7.61. The third-order valence-corrected chi connectivity index (χ3v) is 12.3. The molecule has 0 N–H and O–H groups in total. The molecule has 2 aromatic heterocycles. The highest BCUT2D eigenvalue weighted by Crippen LogP contribution is 2.41. The molecule has 2 heterocycles. The van der Waals surface area contributed by atoms with Crippen LogP contribution in [0.4, 0.5) is 11.4 Å². The first-order valence-corrected chi connectivity index (χ1v) is 22.5. The van der Waals surface area contributed by atoms with Crippen LogP contribution in [0.5, 0.6) is 0 Å². The minimum absolute atomic E-state index is 0.914. The Morgan fingerprint density at radius 3 is 2.00 bits per heavy atom. The van der Waals surface area contributed by atoms with Gasteiger partial charge in [0.15, 0.2) is 0 Å². The predicted molar refractivity (Wildman–Crippen MR) is 280 cm³/mol. The number of allylic oxidation sites excluding steroid dienone is 10. The number of hydrogen-bond donors (Lipinski definition) is 0. The van der Waals surface area contributed by atoms with Crippen molar-refractivity contribution < 1.29 is 4.42 Å². The largest absolute Gasteiger partial charge is 0.455 e. The second-order valence-corrected chi connectivity index (χ2v) is 16.4. The van der Waals surface area contributed by atoms with Gasteiger partial charge in [0.05, 0.1) is 11.0 Å². The Hall–Kier alpha value is -8.14. The zero-order valence-corrected chi connectivity index (χ0v) is 36.9. The molecule has 1 aliphatic carbocycles. The van der Waals surface area contributed by atoms with Crippen LogP contribution in [0, 0.1) is 0 Å². The third-order valence-electron chi connectivity index (χ3n) is 12.3. The van der Waals surface area contributed by atoms with Crippen molar-refractivity contribution in [2.24, 2.45) is 0 Å². The van der Waals surface area contributed by atoms with E-state index in [1.165, 1.54) is 44.1 Å². The molecule has 0 fully saturated rings. The summed E-state index contributed by atoms with van der Waals surface area (Å²) in [5, 5.41) is 7.01. The summed E-state index contributed by atoms with van der Waals surface area (Å²) >= 11 is 0. The first-order valence-electron chi connectivity index (χ1n) is 22.5. The van der Waals surface area contributed by atoms with Gasteiger partial charge in [-0.25, -0.2) is 0 Å². The Balaban J connectivity index is 0.000000946. The number of aromatic nitrogens is 1. The van der Waals surface area contributed by atoms with Crippen LogP contribution in [-0.2, 0) is 0 Å². The summed E-state index contributed by atoms with van der Waals surface area (Å²) in [6, 6.07) is 63.4. The van der Waals surface area contributed by atoms with E-state index in [1.54, 1.807) is 6.08 Å². The second kappa shape index (κ2) is 18.3. The first kappa shape index (κ1) is 40.9. The average molecular weight is 839 g/mol. The summed E-state index contributed by atoms with van der Waals surface area (Å²) in [4.78, 5) is 2.34. The Morgan fingerprint density at radius 1 is 0.600 bits per heavy atom. The number of rotatable bonds is 9. The Labute approximate surface area is 381 Å². The molecule has 0 bridgehead atoms. The maximum Gasteiger partial charge on any atom is 0.143 e. The topological polar surface area (TPSA) is 21.3 Å². The SMILES string of the molecule is C/C(=C\C=C/c1ccccc1)N(c1ccc(C2=CCCC=C2)cc1)c1ccc(-c2ccc3c(c2)c2cc4ccc5c6ccccc6oc5c4cc2n3-c2ccccc2)cc1.C=C/C=C\C. The fourth-order valence-electron chi connectivity index (χ4n) is 9.12. The van der Waals surface area contributed by atoms with Crippen LogP contribution in [0.25, 0.3) is 83.0 Å². The lowest BCUT2D eigenvalue weighted by atomic mass is 9.99. The van der Waals surface area contributed by atoms with Crippen LogP contribution in [0.2, 0.25) is 0 Å². The van der Waals surface area contributed by atoms with Gasteiger partial charge in [0.2, 0.25) is 0 Å². The standard InChI is InChI=1S/C57H42N2O.C5H8/c1-39(14-13-17-40-15-5-2-6-16-40)58(47-30-24-42(25-31-47)41-18-7-3-8-19-41)48-32-26-43(27-33-48)44-29-35-54-52(36-44)53-37-45-28-34-50-49-22-11-12-23-56(49)60-57(50)51(45)38-55(53)59(54)46-20-9-4-10-21-46;1-3-5-4-2/h2,4-7,9-38H,3,8H2,1H3;3-5H,1H2,2H3/b17-13-,39-14+;5-4-. The van der Waals surface area contributed by atoms with E-state index in [9.17, 15) is 0 Å². The molecule has 65 heavy (non-hydrogen) atoms. The van der Waals surface area contributed by atoms with Crippen LogP contribution >= 0.6 is 0 Å². The van der Waals surface area contributed by atoms with Gasteiger partial charge in [-0.05, 0) is 139 Å². The maximum absolute atomic E-state index is 6.52. The van der Waals surface area contributed by atoms with Gasteiger partial charge in [0.25, 0.3) is 0 Å². The molecular formula is C62H50N2O. The molecule has 3 heteroatoms. The highest BCUT2D eigenvalue weighted by molar-refractivity contribution is 6.20. The molecule has 0 spiro atoms. The van der Waals surface area contributed by atoms with E-state index in [2.05, 4.69) is 229 Å². The van der Waals surface area contributed by atoms with E-state index in [0.717, 1.165) is 73.8 Å². The molecule has 0 atom stereocenters. The number of nitrogens with zero attached hydrogens (tertiary/aromatic N) is 2. The number of para-hydroxylation sites is 2. The molecule has 1 aliphatic rings. The highest BCUT2D eigenvalue weighted by Gasteiger charge is 2.18. The molecule has 3 nitrogen and oxygen atoms in total. The van der Waals surface area contributed by atoms with Crippen molar-refractivity contribution in [3.63, 3.8) is 0 Å². The van der Waals surface area contributed by atoms with E-state index < -0.39 is 0 Å². The van der Waals surface area contributed by atoms with Crippen LogP contribution in [0.15, 0.2) is 241 Å². The van der Waals surface area contributed by atoms with Crippen molar-refractivity contribution in [1.29, 1.82) is 0 Å². The maximum atomic E-state index is 6.52. The van der Waals surface area contributed by atoms with Gasteiger partial charge < -0.3 is 13.9 Å². The number of benzene rings is 8. The van der Waals surface area contributed by atoms with Crippen molar-refractivity contribution in [2.75, 3.05) is 4.90 Å². The molecular weight excluding hydrogens is 789 g/mol. The fourth-order valence-corrected chi connectivity index (χ4v) is 9.12. The number of furan rings is 1. The zero-order valence-electron chi connectivity index (χ0n) is 36.9. The zero-order chi connectivity index (χ0) is 44.1. The van der Waals surface area contributed by atoms with Crippen molar-refractivity contribution in [1.82, 2.24) is 4.57 Å². The van der Waals surface area contributed by atoms with Crippen LogP contribution in [-0.4, -0.2) is 4.57 Å². The minimum atomic E-state index is 0.914. The molecule has 11 rings (SSSR count). The van der Waals surface area contributed by atoms with Crippen molar-refractivity contribution >= 4 is 77.5 Å². The average Bonchev–Trinajstić information content (AvgIpc) is 3.90. The van der Waals surface area contributed by atoms with Gasteiger partial charge in [0, 0.05) is 49.7 Å². The summed E-state index contributed by atoms with van der Waals surface area (Å²) in [7, 11) is 0. The summed E-state index contributed by atoms with van der Waals surface area (Å²) in [5.41, 5.74) is 14.7. The molecule has 8 aromatic carbocycles. The van der Waals surface area contributed by atoms with Crippen molar-refractivity contribution in [3.8, 4) is 16.8 Å². The summed E-state index contributed by atoms with van der Waals surface area (Å²) in [5.74, 6) is 0. The molecule has 0 aliphatic heterocycles. The molecule has 0 amide bonds.